The van der Waals surface area contributed by atoms with Crippen molar-refractivity contribution in [2.75, 3.05) is 0 Å². The number of carboxylic acids is 1. The van der Waals surface area contributed by atoms with Gasteiger partial charge in [-0.2, -0.15) is 4.72 Å². The summed E-state index contributed by atoms with van der Waals surface area (Å²) in [7, 11) is -4.16. The van der Waals surface area contributed by atoms with Crippen molar-refractivity contribution in [1.29, 1.82) is 0 Å². The third kappa shape index (κ3) is 6.45. The Bertz CT molecular complexity index is 628. The minimum Gasteiger partial charge on any atom is -0.480 e. The maximum atomic E-state index is 12.1. The Balaban J connectivity index is 2.88. The molecule has 0 bridgehead atoms. The highest BCUT2D eigenvalue weighted by atomic mass is 32.2. The van der Waals surface area contributed by atoms with Crippen molar-refractivity contribution in [2.45, 2.75) is 43.5 Å². The Morgan fingerprint density at radius 1 is 1.30 bits per heavy atom. The van der Waals surface area contributed by atoms with Gasteiger partial charge >= 0.3 is 12.3 Å². The van der Waals surface area contributed by atoms with Gasteiger partial charge < -0.3 is 9.84 Å². The topological polar surface area (TPSA) is 92.7 Å². The van der Waals surface area contributed by atoms with Crippen molar-refractivity contribution in [3.63, 3.8) is 0 Å². The number of unbranched alkanes of at least 4 members (excludes halogenated alkanes) is 1. The van der Waals surface area contributed by atoms with Crippen molar-refractivity contribution in [3.05, 3.63) is 24.3 Å². The molecule has 6 nitrogen and oxygen atoms in total. The molecule has 1 aromatic carbocycles. The van der Waals surface area contributed by atoms with Crippen LogP contribution in [0.25, 0.3) is 0 Å². The third-order valence-corrected chi connectivity index (χ3v) is 4.30. The first kappa shape index (κ1) is 19.2. The van der Waals surface area contributed by atoms with E-state index < -0.39 is 34.1 Å². The summed E-state index contributed by atoms with van der Waals surface area (Å²) in [5.74, 6) is -1.89. The predicted molar refractivity (Wildman–Crippen MR) is 74.4 cm³/mol. The zero-order valence-corrected chi connectivity index (χ0v) is 12.9. The van der Waals surface area contributed by atoms with Crippen LogP contribution in [0.1, 0.15) is 26.2 Å². The van der Waals surface area contributed by atoms with Gasteiger partial charge in [-0.3, -0.25) is 4.79 Å². The van der Waals surface area contributed by atoms with Gasteiger partial charge in [-0.15, -0.1) is 13.2 Å². The molecule has 0 aliphatic carbocycles. The molecular weight excluding hydrogens is 339 g/mol. The highest BCUT2D eigenvalue weighted by molar-refractivity contribution is 7.89. The number of sulfonamides is 1. The van der Waals surface area contributed by atoms with E-state index in [-0.39, 0.29) is 11.3 Å². The van der Waals surface area contributed by atoms with Crippen LogP contribution in [0.5, 0.6) is 5.75 Å². The van der Waals surface area contributed by atoms with Crippen LogP contribution in [-0.2, 0) is 14.8 Å². The number of carbonyl (C=O) groups is 1. The Hall–Kier alpha value is -1.81. The van der Waals surface area contributed by atoms with Gasteiger partial charge in [-0.1, -0.05) is 19.8 Å². The number of aliphatic carboxylic acids is 1. The average Bonchev–Trinajstić information content (AvgIpc) is 2.42. The molecule has 0 heterocycles. The molecule has 0 spiro atoms. The van der Waals surface area contributed by atoms with Crippen LogP contribution in [-0.4, -0.2) is 31.9 Å². The second-order valence-electron chi connectivity index (χ2n) is 4.67. The number of carboxylic acid groups (broad SMARTS) is 1. The van der Waals surface area contributed by atoms with Gasteiger partial charge in [0.25, 0.3) is 0 Å². The lowest BCUT2D eigenvalue weighted by atomic mass is 10.1. The van der Waals surface area contributed by atoms with Gasteiger partial charge in [-0.25, -0.2) is 8.42 Å². The van der Waals surface area contributed by atoms with E-state index >= 15 is 0 Å². The molecule has 2 N–H and O–H groups in total. The van der Waals surface area contributed by atoms with Gasteiger partial charge in [0.15, 0.2) is 0 Å². The minimum absolute atomic E-state index is 0.111. The number of nitrogens with one attached hydrogen (secondary N) is 1. The molecule has 0 saturated carbocycles. The number of ether oxygens (including phenoxy) is 1. The zero-order chi connectivity index (χ0) is 17.7. The van der Waals surface area contributed by atoms with Crippen molar-refractivity contribution in [3.8, 4) is 5.75 Å². The normalized spacial score (nSPS) is 13.6. The molecule has 0 aromatic heterocycles. The summed E-state index contributed by atoms with van der Waals surface area (Å²) in [6.07, 6.45) is -3.57. The van der Waals surface area contributed by atoms with E-state index in [0.717, 1.165) is 24.3 Å². The zero-order valence-electron chi connectivity index (χ0n) is 12.1. The third-order valence-electron chi connectivity index (χ3n) is 2.81. The summed E-state index contributed by atoms with van der Waals surface area (Å²) in [5, 5.41) is 9.01. The van der Waals surface area contributed by atoms with Crippen LogP contribution in [0.15, 0.2) is 29.2 Å². The summed E-state index contributed by atoms with van der Waals surface area (Å²) in [5.41, 5.74) is 0. The molecular formula is C13H16F3NO5S. The quantitative estimate of drug-likeness (QED) is 0.747. The number of hydrogen-bond acceptors (Lipinski definition) is 4. The van der Waals surface area contributed by atoms with Crippen molar-refractivity contribution < 1.29 is 36.2 Å². The van der Waals surface area contributed by atoms with Crippen LogP contribution in [0, 0.1) is 0 Å². The highest BCUT2D eigenvalue weighted by Gasteiger charge is 2.31. The van der Waals surface area contributed by atoms with Crippen molar-refractivity contribution in [1.82, 2.24) is 4.72 Å². The monoisotopic (exact) mass is 355 g/mol. The number of alkyl halides is 3. The van der Waals surface area contributed by atoms with Crippen LogP contribution in [0.4, 0.5) is 13.2 Å². The fourth-order valence-corrected chi connectivity index (χ4v) is 2.94. The SMILES string of the molecule is CCCCC(NS(=O)(=O)c1ccc(OC(F)(F)F)cc1)C(=O)O. The van der Waals surface area contributed by atoms with E-state index in [9.17, 15) is 26.4 Å². The lowest BCUT2D eigenvalue weighted by molar-refractivity contribution is -0.274. The molecule has 10 heteroatoms. The maximum absolute atomic E-state index is 12.1. The molecule has 0 aliphatic rings. The van der Waals surface area contributed by atoms with Gasteiger partial charge in [0.05, 0.1) is 4.90 Å². The first-order chi connectivity index (χ1) is 10.5. The van der Waals surface area contributed by atoms with E-state index in [1.807, 2.05) is 11.6 Å². The van der Waals surface area contributed by atoms with Gasteiger partial charge in [0, 0.05) is 0 Å². The van der Waals surface area contributed by atoms with E-state index in [4.69, 9.17) is 5.11 Å². The molecule has 1 rings (SSSR count). The first-order valence-corrected chi connectivity index (χ1v) is 8.14. The van der Waals surface area contributed by atoms with E-state index in [0.29, 0.717) is 12.8 Å². The Labute approximate surface area is 131 Å². The fourth-order valence-electron chi connectivity index (χ4n) is 1.72. The average molecular weight is 355 g/mol. The Morgan fingerprint density at radius 3 is 2.30 bits per heavy atom. The lowest BCUT2D eigenvalue weighted by Gasteiger charge is -2.15. The smallest absolute Gasteiger partial charge is 0.480 e. The van der Waals surface area contributed by atoms with Gasteiger partial charge in [0.2, 0.25) is 10.0 Å². The van der Waals surface area contributed by atoms with Crippen LogP contribution < -0.4 is 9.46 Å². The molecule has 0 aliphatic heterocycles. The van der Waals surface area contributed by atoms with Crippen LogP contribution in [0.3, 0.4) is 0 Å². The van der Waals surface area contributed by atoms with E-state index in [1.54, 1.807) is 0 Å². The number of rotatable bonds is 8. The molecule has 0 amide bonds. The number of halogens is 3. The summed E-state index contributed by atoms with van der Waals surface area (Å²) in [4.78, 5) is 10.7. The minimum atomic E-state index is -4.88. The number of benzene rings is 1. The van der Waals surface area contributed by atoms with Crippen molar-refractivity contribution in [2.24, 2.45) is 0 Å². The highest BCUT2D eigenvalue weighted by Crippen LogP contribution is 2.24. The van der Waals surface area contributed by atoms with Gasteiger partial charge in [-0.05, 0) is 30.7 Å². The second kappa shape index (κ2) is 7.64. The van der Waals surface area contributed by atoms with Crippen LogP contribution >= 0.6 is 0 Å². The molecule has 1 atom stereocenters. The van der Waals surface area contributed by atoms with E-state index in [2.05, 4.69) is 4.74 Å². The standard InChI is InChI=1S/C13H16F3NO5S/c1-2-3-4-11(12(18)19)17-23(20,21)10-7-5-9(6-8-10)22-13(14,15)16/h5-8,11,17H,2-4H2,1H3,(H,18,19). The Morgan fingerprint density at radius 2 is 1.87 bits per heavy atom. The summed E-state index contributed by atoms with van der Waals surface area (Å²) in [6, 6.07) is 2.18. The van der Waals surface area contributed by atoms with Crippen molar-refractivity contribution >= 4 is 16.0 Å². The fraction of sp³-hybridized carbons (Fsp3) is 0.462. The molecule has 0 fully saturated rings. The number of hydrogen-bond donors (Lipinski definition) is 2. The molecule has 1 aromatic rings. The molecule has 130 valence electrons. The maximum Gasteiger partial charge on any atom is 0.573 e. The molecule has 23 heavy (non-hydrogen) atoms. The largest absolute Gasteiger partial charge is 0.573 e. The van der Waals surface area contributed by atoms with Gasteiger partial charge in [0.1, 0.15) is 11.8 Å². The van der Waals surface area contributed by atoms with E-state index in [1.165, 1.54) is 0 Å². The predicted octanol–water partition coefficient (Wildman–Crippen LogP) is 2.51. The van der Waals surface area contributed by atoms with Crippen LogP contribution in [0.2, 0.25) is 0 Å². The first-order valence-electron chi connectivity index (χ1n) is 6.66. The lowest BCUT2D eigenvalue weighted by Crippen LogP contribution is -2.40. The molecule has 1 unspecified atom stereocenters. The molecule has 0 saturated heterocycles. The summed E-state index contributed by atoms with van der Waals surface area (Å²) in [6.45, 7) is 1.83. The Kier molecular flexibility index (Phi) is 6.39. The molecule has 0 radical (unpaired) electrons. The summed E-state index contributed by atoms with van der Waals surface area (Å²) >= 11 is 0. The second-order valence-corrected chi connectivity index (χ2v) is 6.39. The summed E-state index contributed by atoms with van der Waals surface area (Å²) < 4.78 is 65.9.